The number of hydrogen-bond donors (Lipinski definition) is 1. The molecule has 0 aliphatic rings. The number of rotatable bonds is 3. The van der Waals surface area contributed by atoms with E-state index in [1.54, 1.807) is 0 Å². The van der Waals surface area contributed by atoms with Gasteiger partial charge in [0.05, 0.1) is 5.54 Å². The van der Waals surface area contributed by atoms with Crippen LogP contribution in [0.1, 0.15) is 46.0 Å². The lowest BCUT2D eigenvalue weighted by Gasteiger charge is -2.27. The van der Waals surface area contributed by atoms with Crippen molar-refractivity contribution >= 4 is 6.09 Å². The van der Waals surface area contributed by atoms with Crippen LogP contribution in [0.25, 0.3) is 11.4 Å². The molecule has 2 aromatic rings. The highest BCUT2D eigenvalue weighted by atomic mass is 16.6. The summed E-state index contributed by atoms with van der Waals surface area (Å²) in [5.74, 6) is 1.42. The highest BCUT2D eigenvalue weighted by molar-refractivity contribution is 5.69. The number of nitrogens with zero attached hydrogens (tertiary/aromatic N) is 3. The number of benzene rings is 1. The summed E-state index contributed by atoms with van der Waals surface area (Å²) < 4.78 is 7.24. The van der Waals surface area contributed by atoms with Crippen molar-refractivity contribution in [2.24, 2.45) is 7.05 Å². The Labute approximate surface area is 143 Å². The van der Waals surface area contributed by atoms with Crippen molar-refractivity contribution < 1.29 is 9.53 Å². The van der Waals surface area contributed by atoms with Gasteiger partial charge in [0.25, 0.3) is 0 Å². The molecule has 24 heavy (non-hydrogen) atoms. The van der Waals surface area contributed by atoms with Crippen LogP contribution < -0.4 is 5.32 Å². The third-order valence-electron chi connectivity index (χ3n) is 3.63. The Balaban J connectivity index is 2.29. The van der Waals surface area contributed by atoms with Gasteiger partial charge in [-0.2, -0.15) is 0 Å². The molecule has 1 N–H and O–H groups in total. The van der Waals surface area contributed by atoms with E-state index in [2.05, 4.69) is 15.5 Å². The third kappa shape index (κ3) is 3.93. The molecule has 0 saturated heterocycles. The first-order valence-electron chi connectivity index (χ1n) is 7.98. The Hall–Kier alpha value is -2.37. The van der Waals surface area contributed by atoms with Crippen molar-refractivity contribution in [1.82, 2.24) is 20.1 Å². The van der Waals surface area contributed by atoms with Crippen LogP contribution in [0.15, 0.2) is 24.3 Å². The van der Waals surface area contributed by atoms with Crippen molar-refractivity contribution in [2.75, 3.05) is 0 Å². The fourth-order valence-electron chi connectivity index (χ4n) is 2.55. The second kappa shape index (κ2) is 6.26. The van der Waals surface area contributed by atoms with E-state index in [1.807, 2.05) is 77.4 Å². The number of nitrogens with one attached hydrogen (secondary N) is 1. The van der Waals surface area contributed by atoms with Crippen molar-refractivity contribution in [3.05, 3.63) is 35.7 Å². The fraction of sp³-hybridized carbons (Fsp3) is 0.500. The van der Waals surface area contributed by atoms with Crippen molar-refractivity contribution in [1.29, 1.82) is 0 Å². The van der Waals surface area contributed by atoms with E-state index in [9.17, 15) is 4.79 Å². The van der Waals surface area contributed by atoms with Gasteiger partial charge in [-0.25, -0.2) is 4.79 Å². The minimum Gasteiger partial charge on any atom is -0.444 e. The first kappa shape index (κ1) is 18.0. The quantitative estimate of drug-likeness (QED) is 0.934. The van der Waals surface area contributed by atoms with E-state index >= 15 is 0 Å². The zero-order valence-corrected chi connectivity index (χ0v) is 15.5. The Morgan fingerprint density at radius 3 is 2.33 bits per heavy atom. The van der Waals surface area contributed by atoms with Gasteiger partial charge in [-0.1, -0.05) is 24.3 Å². The van der Waals surface area contributed by atoms with Gasteiger partial charge in [-0.05, 0) is 47.1 Å². The largest absolute Gasteiger partial charge is 0.444 e. The number of carbonyl (C=O) groups excluding carboxylic acids is 1. The van der Waals surface area contributed by atoms with Crippen LogP contribution >= 0.6 is 0 Å². The molecule has 0 aliphatic carbocycles. The Morgan fingerprint density at radius 2 is 1.75 bits per heavy atom. The number of aryl methyl sites for hydroxylation is 1. The highest BCUT2D eigenvalue weighted by Gasteiger charge is 2.31. The maximum atomic E-state index is 12.1. The molecule has 0 fully saturated rings. The van der Waals surface area contributed by atoms with Crippen molar-refractivity contribution in [3.8, 4) is 11.4 Å². The number of amides is 1. The maximum absolute atomic E-state index is 12.1. The van der Waals surface area contributed by atoms with E-state index in [-0.39, 0.29) is 0 Å². The predicted octanol–water partition coefficient (Wildman–Crippen LogP) is 3.55. The molecule has 130 valence electrons. The van der Waals surface area contributed by atoms with Crippen LogP contribution in [0.5, 0.6) is 0 Å². The highest BCUT2D eigenvalue weighted by Crippen LogP contribution is 2.25. The zero-order chi connectivity index (χ0) is 18.1. The molecule has 6 nitrogen and oxygen atoms in total. The summed E-state index contributed by atoms with van der Waals surface area (Å²) in [5.41, 5.74) is 0.876. The number of aromatic nitrogens is 3. The smallest absolute Gasteiger partial charge is 0.408 e. The monoisotopic (exact) mass is 330 g/mol. The summed E-state index contributed by atoms with van der Waals surface area (Å²) in [5, 5.41) is 11.5. The van der Waals surface area contributed by atoms with Gasteiger partial charge in [0.1, 0.15) is 5.60 Å². The molecule has 0 unspecified atom stereocenters. The van der Waals surface area contributed by atoms with Crippen molar-refractivity contribution in [3.63, 3.8) is 0 Å². The summed E-state index contributed by atoms with van der Waals surface area (Å²) in [6.07, 6.45) is -0.479. The molecular formula is C18H26N4O2. The molecule has 0 aliphatic heterocycles. The van der Waals surface area contributed by atoms with Gasteiger partial charge in [0.2, 0.25) is 0 Å². The normalized spacial score (nSPS) is 12.1. The van der Waals surface area contributed by atoms with Crippen molar-refractivity contribution in [2.45, 2.75) is 52.7 Å². The van der Waals surface area contributed by atoms with E-state index in [0.29, 0.717) is 5.82 Å². The van der Waals surface area contributed by atoms with Gasteiger partial charge in [0.15, 0.2) is 11.6 Å². The second-order valence-corrected chi connectivity index (χ2v) is 7.47. The van der Waals surface area contributed by atoms with Crippen LogP contribution in [-0.2, 0) is 17.3 Å². The van der Waals surface area contributed by atoms with E-state index in [4.69, 9.17) is 4.74 Å². The zero-order valence-electron chi connectivity index (χ0n) is 15.5. The third-order valence-corrected chi connectivity index (χ3v) is 3.63. The second-order valence-electron chi connectivity index (χ2n) is 7.47. The molecular weight excluding hydrogens is 304 g/mol. The first-order valence-corrected chi connectivity index (χ1v) is 7.98. The lowest BCUT2D eigenvalue weighted by Crippen LogP contribution is -2.45. The minimum atomic E-state index is -0.717. The van der Waals surface area contributed by atoms with Crippen LogP contribution in [0.2, 0.25) is 0 Å². The van der Waals surface area contributed by atoms with Crippen LogP contribution in [0.3, 0.4) is 0 Å². The Morgan fingerprint density at radius 1 is 1.12 bits per heavy atom. The molecule has 1 aromatic carbocycles. The van der Waals surface area contributed by atoms with E-state index in [1.165, 1.54) is 0 Å². The van der Waals surface area contributed by atoms with E-state index < -0.39 is 17.2 Å². The summed E-state index contributed by atoms with van der Waals surface area (Å²) >= 11 is 0. The fourth-order valence-corrected chi connectivity index (χ4v) is 2.55. The van der Waals surface area contributed by atoms with E-state index in [0.717, 1.165) is 17.0 Å². The molecule has 1 aromatic heterocycles. The van der Waals surface area contributed by atoms with Gasteiger partial charge in [-0.15, -0.1) is 10.2 Å². The van der Waals surface area contributed by atoms with Crippen LogP contribution in [0, 0.1) is 6.92 Å². The molecule has 0 spiro atoms. The minimum absolute atomic E-state index is 0.479. The van der Waals surface area contributed by atoms with Gasteiger partial charge >= 0.3 is 6.09 Å². The van der Waals surface area contributed by atoms with Gasteiger partial charge in [-0.3, -0.25) is 0 Å². The predicted molar refractivity (Wildman–Crippen MR) is 93.6 cm³/mol. The standard InChI is InChI=1S/C18H26N4O2/c1-12-10-8-9-11-13(12)14-20-21-15(22(14)7)18(5,6)19-16(23)24-17(2,3)4/h8-11H,1-7H3,(H,19,23). The average Bonchev–Trinajstić information content (AvgIpc) is 2.79. The number of carbonyl (C=O) groups is 1. The van der Waals surface area contributed by atoms with Crippen LogP contribution in [-0.4, -0.2) is 26.5 Å². The number of alkyl carbamates (subject to hydrolysis) is 1. The summed E-state index contributed by atoms with van der Waals surface area (Å²) in [6.45, 7) is 11.3. The number of hydrogen-bond acceptors (Lipinski definition) is 4. The summed E-state index contributed by atoms with van der Waals surface area (Å²) in [7, 11) is 1.90. The molecule has 0 radical (unpaired) electrons. The lowest BCUT2D eigenvalue weighted by atomic mass is 10.0. The summed E-state index contributed by atoms with van der Waals surface area (Å²) in [6, 6.07) is 8.01. The molecule has 0 atom stereocenters. The van der Waals surface area contributed by atoms with Crippen LogP contribution in [0.4, 0.5) is 4.79 Å². The molecule has 2 rings (SSSR count). The Bertz CT molecular complexity index is 742. The van der Waals surface area contributed by atoms with Gasteiger partial charge in [0, 0.05) is 12.6 Å². The van der Waals surface area contributed by atoms with Gasteiger partial charge < -0.3 is 14.6 Å². The molecule has 6 heteroatoms. The number of ether oxygens (including phenoxy) is 1. The Kier molecular flexibility index (Phi) is 4.69. The SMILES string of the molecule is Cc1ccccc1-c1nnc(C(C)(C)NC(=O)OC(C)(C)C)n1C. The lowest BCUT2D eigenvalue weighted by molar-refractivity contribution is 0.0464. The molecule has 0 bridgehead atoms. The summed E-state index contributed by atoms with van der Waals surface area (Å²) in [4.78, 5) is 12.1. The molecule has 1 amide bonds. The first-order chi connectivity index (χ1) is 11.0. The average molecular weight is 330 g/mol. The molecule has 1 heterocycles. The molecule has 0 saturated carbocycles. The topological polar surface area (TPSA) is 69.0 Å². The maximum Gasteiger partial charge on any atom is 0.408 e.